The van der Waals surface area contributed by atoms with Crippen molar-refractivity contribution in [2.45, 2.75) is 53.2 Å². The first-order valence-electron chi connectivity index (χ1n) is 7.60. The fourth-order valence-electron chi connectivity index (χ4n) is 2.04. The van der Waals surface area contributed by atoms with E-state index in [-0.39, 0.29) is 30.9 Å². The summed E-state index contributed by atoms with van der Waals surface area (Å²) < 4.78 is 0. The molecule has 0 bridgehead atoms. The highest BCUT2D eigenvalue weighted by Crippen LogP contribution is 2.05. The third kappa shape index (κ3) is 9.42. The van der Waals surface area contributed by atoms with Crippen molar-refractivity contribution in [3.05, 3.63) is 0 Å². The van der Waals surface area contributed by atoms with Crippen LogP contribution in [0.2, 0.25) is 0 Å². The van der Waals surface area contributed by atoms with Crippen LogP contribution in [-0.2, 0) is 9.59 Å². The molecule has 2 amide bonds. The van der Waals surface area contributed by atoms with E-state index >= 15 is 0 Å². The number of hydrogen-bond donors (Lipinski definition) is 2. The largest absolute Gasteiger partial charge is 0.389 e. The second kappa shape index (κ2) is 9.00. The van der Waals surface area contributed by atoms with Crippen LogP contribution in [0.1, 0.15) is 41.5 Å². The lowest BCUT2D eigenvalue weighted by Gasteiger charge is -2.29. The SMILES string of the molecule is CCN(CC(=O)N(CC)CC(=O)NC(C)C)CC(C)(C)O. The summed E-state index contributed by atoms with van der Waals surface area (Å²) in [5.41, 5.74) is -0.845. The molecule has 0 aromatic heterocycles. The minimum Gasteiger partial charge on any atom is -0.389 e. The monoisotopic (exact) mass is 301 g/mol. The van der Waals surface area contributed by atoms with Crippen LogP contribution in [0.5, 0.6) is 0 Å². The molecule has 0 aliphatic heterocycles. The normalized spacial score (nSPS) is 11.9. The third-order valence-electron chi connectivity index (χ3n) is 2.94. The van der Waals surface area contributed by atoms with Crippen LogP contribution in [0.3, 0.4) is 0 Å². The van der Waals surface area contributed by atoms with Crippen LogP contribution in [0.15, 0.2) is 0 Å². The number of nitrogens with zero attached hydrogens (tertiary/aromatic N) is 2. The highest BCUT2D eigenvalue weighted by molar-refractivity contribution is 5.85. The quantitative estimate of drug-likeness (QED) is 0.649. The molecule has 0 fully saturated rings. The Morgan fingerprint density at radius 1 is 1.14 bits per heavy atom. The Kier molecular flexibility index (Phi) is 8.51. The Bertz CT molecular complexity index is 338. The van der Waals surface area contributed by atoms with E-state index in [2.05, 4.69) is 5.32 Å². The number of amides is 2. The van der Waals surface area contributed by atoms with E-state index in [1.54, 1.807) is 13.8 Å². The van der Waals surface area contributed by atoms with Crippen LogP contribution >= 0.6 is 0 Å². The summed E-state index contributed by atoms with van der Waals surface area (Å²) in [5, 5.41) is 12.6. The highest BCUT2D eigenvalue weighted by Gasteiger charge is 2.22. The lowest BCUT2D eigenvalue weighted by molar-refractivity contribution is -0.137. The molecule has 0 radical (unpaired) electrons. The van der Waals surface area contributed by atoms with Crippen LogP contribution in [0, 0.1) is 0 Å². The minimum atomic E-state index is -0.845. The van der Waals surface area contributed by atoms with Gasteiger partial charge in [-0.3, -0.25) is 14.5 Å². The van der Waals surface area contributed by atoms with Gasteiger partial charge in [0.05, 0.1) is 18.7 Å². The van der Waals surface area contributed by atoms with Crippen molar-refractivity contribution >= 4 is 11.8 Å². The summed E-state index contributed by atoms with van der Waals surface area (Å²) in [7, 11) is 0. The van der Waals surface area contributed by atoms with Crippen LogP contribution in [0.25, 0.3) is 0 Å². The summed E-state index contributed by atoms with van der Waals surface area (Å²) >= 11 is 0. The number of carbonyl (C=O) groups is 2. The molecule has 0 aliphatic rings. The zero-order valence-electron chi connectivity index (χ0n) is 14.3. The fraction of sp³-hybridized carbons (Fsp3) is 0.867. The average Bonchev–Trinajstić information content (AvgIpc) is 2.32. The van der Waals surface area contributed by atoms with E-state index in [0.717, 1.165) is 0 Å². The van der Waals surface area contributed by atoms with Crippen molar-refractivity contribution in [1.82, 2.24) is 15.1 Å². The van der Waals surface area contributed by atoms with Gasteiger partial charge in [-0.05, 0) is 41.2 Å². The van der Waals surface area contributed by atoms with Gasteiger partial charge in [-0.1, -0.05) is 6.92 Å². The molecule has 0 aliphatic carbocycles. The first-order valence-corrected chi connectivity index (χ1v) is 7.60. The van der Waals surface area contributed by atoms with E-state index in [0.29, 0.717) is 19.6 Å². The molecule has 0 unspecified atom stereocenters. The van der Waals surface area contributed by atoms with Gasteiger partial charge in [-0.2, -0.15) is 0 Å². The topological polar surface area (TPSA) is 72.9 Å². The molecule has 21 heavy (non-hydrogen) atoms. The Hall–Kier alpha value is -1.14. The molecular weight excluding hydrogens is 270 g/mol. The van der Waals surface area contributed by atoms with Crippen molar-refractivity contribution < 1.29 is 14.7 Å². The van der Waals surface area contributed by atoms with Crippen LogP contribution in [-0.4, -0.2) is 71.1 Å². The highest BCUT2D eigenvalue weighted by atomic mass is 16.3. The second-order valence-corrected chi connectivity index (χ2v) is 6.25. The molecule has 6 nitrogen and oxygen atoms in total. The molecule has 2 N–H and O–H groups in total. The summed E-state index contributed by atoms with van der Waals surface area (Å²) in [6, 6.07) is 0.0636. The maximum atomic E-state index is 12.3. The summed E-state index contributed by atoms with van der Waals surface area (Å²) in [6.07, 6.45) is 0. The predicted molar refractivity (Wildman–Crippen MR) is 83.9 cm³/mol. The molecule has 0 heterocycles. The third-order valence-corrected chi connectivity index (χ3v) is 2.94. The molecule has 0 aromatic rings. The molecule has 124 valence electrons. The Morgan fingerprint density at radius 2 is 1.71 bits per heavy atom. The van der Waals surface area contributed by atoms with E-state index in [1.165, 1.54) is 4.90 Å². The standard InChI is InChI=1S/C15H31N3O3/c1-7-17(11-15(5,6)21)10-14(20)18(8-2)9-13(19)16-12(3)4/h12,21H,7-11H2,1-6H3,(H,16,19). The molecule has 0 rings (SSSR count). The number of rotatable bonds is 9. The zero-order chi connectivity index (χ0) is 16.6. The smallest absolute Gasteiger partial charge is 0.239 e. The van der Waals surface area contributed by atoms with Crippen molar-refractivity contribution in [2.24, 2.45) is 0 Å². The number of likely N-dealkylation sites (N-methyl/N-ethyl adjacent to an activating group) is 2. The van der Waals surface area contributed by atoms with Gasteiger partial charge >= 0.3 is 0 Å². The predicted octanol–water partition coefficient (Wildman–Crippen LogP) is 0.452. The van der Waals surface area contributed by atoms with Crippen molar-refractivity contribution in [2.75, 3.05) is 32.7 Å². The Morgan fingerprint density at radius 3 is 2.10 bits per heavy atom. The van der Waals surface area contributed by atoms with E-state index in [9.17, 15) is 14.7 Å². The minimum absolute atomic E-state index is 0.0636. The fourth-order valence-corrected chi connectivity index (χ4v) is 2.04. The van der Waals surface area contributed by atoms with Crippen molar-refractivity contribution in [3.8, 4) is 0 Å². The van der Waals surface area contributed by atoms with Gasteiger partial charge in [0.25, 0.3) is 0 Å². The molecule has 0 spiro atoms. The second-order valence-electron chi connectivity index (χ2n) is 6.25. The van der Waals surface area contributed by atoms with Crippen LogP contribution in [0.4, 0.5) is 0 Å². The molecule has 6 heteroatoms. The van der Waals surface area contributed by atoms with E-state index in [1.807, 2.05) is 32.6 Å². The van der Waals surface area contributed by atoms with Gasteiger partial charge in [0, 0.05) is 19.1 Å². The van der Waals surface area contributed by atoms with Gasteiger partial charge in [0.2, 0.25) is 11.8 Å². The summed E-state index contributed by atoms with van der Waals surface area (Å²) in [6.45, 7) is 12.9. The molecule has 0 saturated heterocycles. The van der Waals surface area contributed by atoms with E-state index < -0.39 is 5.60 Å². The lowest BCUT2D eigenvalue weighted by atomic mass is 10.1. The van der Waals surface area contributed by atoms with Crippen molar-refractivity contribution in [1.29, 1.82) is 0 Å². The first-order chi connectivity index (χ1) is 9.58. The van der Waals surface area contributed by atoms with Crippen LogP contribution < -0.4 is 5.32 Å². The maximum Gasteiger partial charge on any atom is 0.239 e. The van der Waals surface area contributed by atoms with E-state index in [4.69, 9.17) is 0 Å². The Labute approximate surface area is 128 Å². The molecule has 0 atom stereocenters. The van der Waals surface area contributed by atoms with Gasteiger partial charge in [0.15, 0.2) is 0 Å². The molecule has 0 saturated carbocycles. The zero-order valence-corrected chi connectivity index (χ0v) is 14.3. The number of nitrogens with one attached hydrogen (secondary N) is 1. The first kappa shape index (κ1) is 19.9. The van der Waals surface area contributed by atoms with Gasteiger partial charge in [-0.15, -0.1) is 0 Å². The number of aliphatic hydroxyl groups is 1. The van der Waals surface area contributed by atoms with Crippen molar-refractivity contribution in [3.63, 3.8) is 0 Å². The van der Waals surface area contributed by atoms with Gasteiger partial charge in [-0.25, -0.2) is 0 Å². The number of carbonyl (C=O) groups excluding carboxylic acids is 2. The Balaban J connectivity index is 4.53. The average molecular weight is 301 g/mol. The van der Waals surface area contributed by atoms with Gasteiger partial charge < -0.3 is 15.3 Å². The van der Waals surface area contributed by atoms with Gasteiger partial charge in [0.1, 0.15) is 0 Å². The lowest BCUT2D eigenvalue weighted by Crippen LogP contribution is -2.48. The summed E-state index contributed by atoms with van der Waals surface area (Å²) in [5.74, 6) is -0.242. The molecular formula is C15H31N3O3. The molecule has 0 aromatic carbocycles. The number of hydrogen-bond acceptors (Lipinski definition) is 4. The maximum absolute atomic E-state index is 12.3. The summed E-state index contributed by atoms with van der Waals surface area (Å²) in [4.78, 5) is 27.4.